The first-order valence-electron chi connectivity index (χ1n) is 4.94. The maximum absolute atomic E-state index is 13.2. The quantitative estimate of drug-likeness (QED) is 0.912. The average molecular weight is 285 g/mol. The van der Waals surface area contributed by atoms with Crippen molar-refractivity contribution in [2.24, 2.45) is 0 Å². The predicted molar refractivity (Wildman–Crippen MR) is 68.6 cm³/mol. The van der Waals surface area contributed by atoms with Crippen molar-refractivity contribution in [3.8, 4) is 0 Å². The van der Waals surface area contributed by atoms with Gasteiger partial charge in [0.25, 0.3) is 5.91 Å². The summed E-state index contributed by atoms with van der Waals surface area (Å²) in [5, 5.41) is 2.85. The van der Waals surface area contributed by atoms with Crippen molar-refractivity contribution in [3.05, 3.63) is 58.1 Å². The standard InChI is InChI=1S/C12H7Cl2FN2O/c13-8-2-1-7(5-10(8)15)12(18)17-11-6-16-4-3-9(11)14/h1-6H,(H,17,18). The van der Waals surface area contributed by atoms with E-state index in [1.165, 1.54) is 24.5 Å². The number of carbonyl (C=O) groups excluding carboxylic acids is 1. The van der Waals surface area contributed by atoms with Gasteiger partial charge in [0.15, 0.2) is 0 Å². The van der Waals surface area contributed by atoms with Crippen LogP contribution in [0, 0.1) is 5.82 Å². The number of amides is 1. The van der Waals surface area contributed by atoms with Crippen LogP contribution in [0.15, 0.2) is 36.7 Å². The molecule has 2 aromatic rings. The highest BCUT2D eigenvalue weighted by Gasteiger charge is 2.10. The smallest absolute Gasteiger partial charge is 0.255 e. The van der Waals surface area contributed by atoms with E-state index in [0.29, 0.717) is 10.7 Å². The van der Waals surface area contributed by atoms with Gasteiger partial charge >= 0.3 is 0 Å². The van der Waals surface area contributed by atoms with Crippen LogP contribution in [0.2, 0.25) is 10.0 Å². The van der Waals surface area contributed by atoms with Gasteiger partial charge in [0.2, 0.25) is 0 Å². The summed E-state index contributed by atoms with van der Waals surface area (Å²) in [5.41, 5.74) is 0.511. The van der Waals surface area contributed by atoms with Gasteiger partial charge in [-0.15, -0.1) is 0 Å². The van der Waals surface area contributed by atoms with Crippen molar-refractivity contribution in [1.29, 1.82) is 0 Å². The summed E-state index contributed by atoms with van der Waals surface area (Å²) in [4.78, 5) is 15.7. The summed E-state index contributed by atoms with van der Waals surface area (Å²) >= 11 is 11.4. The van der Waals surface area contributed by atoms with E-state index in [-0.39, 0.29) is 10.6 Å². The number of halogens is 3. The summed E-state index contributed by atoms with van der Waals surface area (Å²) in [7, 11) is 0. The van der Waals surface area contributed by atoms with Gasteiger partial charge in [-0.25, -0.2) is 4.39 Å². The zero-order valence-corrected chi connectivity index (χ0v) is 10.5. The Balaban J connectivity index is 2.22. The molecule has 0 saturated carbocycles. The normalized spacial score (nSPS) is 10.2. The second kappa shape index (κ2) is 5.33. The minimum Gasteiger partial charge on any atom is -0.319 e. The monoisotopic (exact) mass is 284 g/mol. The molecule has 92 valence electrons. The molecule has 1 N–H and O–H groups in total. The molecule has 0 aliphatic heterocycles. The van der Waals surface area contributed by atoms with Gasteiger partial charge in [0, 0.05) is 11.8 Å². The third-order valence-electron chi connectivity index (χ3n) is 2.20. The van der Waals surface area contributed by atoms with Crippen LogP contribution in [0.4, 0.5) is 10.1 Å². The van der Waals surface area contributed by atoms with Crippen LogP contribution in [-0.2, 0) is 0 Å². The van der Waals surface area contributed by atoms with Crippen LogP contribution < -0.4 is 5.32 Å². The van der Waals surface area contributed by atoms with Crippen molar-refractivity contribution in [2.75, 3.05) is 5.32 Å². The fraction of sp³-hybridized carbons (Fsp3) is 0. The summed E-state index contributed by atoms with van der Waals surface area (Å²) in [5.74, 6) is -1.14. The Morgan fingerprint density at radius 1 is 1.22 bits per heavy atom. The number of benzene rings is 1. The Morgan fingerprint density at radius 3 is 2.67 bits per heavy atom. The molecule has 0 atom stereocenters. The zero-order chi connectivity index (χ0) is 13.1. The van der Waals surface area contributed by atoms with E-state index in [1.807, 2.05) is 0 Å². The van der Waals surface area contributed by atoms with Gasteiger partial charge < -0.3 is 5.32 Å². The fourth-order valence-electron chi connectivity index (χ4n) is 1.30. The van der Waals surface area contributed by atoms with Crippen molar-refractivity contribution in [2.45, 2.75) is 0 Å². The average Bonchev–Trinajstić information content (AvgIpc) is 2.35. The van der Waals surface area contributed by atoms with Gasteiger partial charge in [0.1, 0.15) is 5.82 Å². The lowest BCUT2D eigenvalue weighted by Crippen LogP contribution is -2.12. The fourth-order valence-corrected chi connectivity index (χ4v) is 1.57. The first-order chi connectivity index (χ1) is 8.58. The first kappa shape index (κ1) is 12.8. The molecule has 2 rings (SSSR count). The maximum atomic E-state index is 13.2. The number of nitrogens with one attached hydrogen (secondary N) is 1. The topological polar surface area (TPSA) is 42.0 Å². The number of aromatic nitrogens is 1. The van der Waals surface area contributed by atoms with Crippen LogP contribution in [-0.4, -0.2) is 10.9 Å². The molecule has 3 nitrogen and oxygen atoms in total. The highest BCUT2D eigenvalue weighted by Crippen LogP contribution is 2.21. The molecule has 0 aliphatic carbocycles. The van der Waals surface area contributed by atoms with E-state index in [4.69, 9.17) is 23.2 Å². The van der Waals surface area contributed by atoms with Crippen LogP contribution in [0.25, 0.3) is 0 Å². The van der Waals surface area contributed by atoms with Crippen molar-refractivity contribution in [3.63, 3.8) is 0 Å². The lowest BCUT2D eigenvalue weighted by Gasteiger charge is -2.06. The summed E-state index contributed by atoms with van der Waals surface area (Å²) in [6, 6.07) is 5.34. The summed E-state index contributed by atoms with van der Waals surface area (Å²) < 4.78 is 13.2. The predicted octanol–water partition coefficient (Wildman–Crippen LogP) is 3.78. The van der Waals surface area contributed by atoms with Gasteiger partial charge in [-0.1, -0.05) is 23.2 Å². The summed E-state index contributed by atoms with van der Waals surface area (Å²) in [6.07, 6.45) is 2.91. The van der Waals surface area contributed by atoms with E-state index < -0.39 is 11.7 Å². The van der Waals surface area contributed by atoms with Crippen LogP contribution in [0.1, 0.15) is 10.4 Å². The van der Waals surface area contributed by atoms with Gasteiger partial charge in [-0.05, 0) is 24.3 Å². The molecule has 18 heavy (non-hydrogen) atoms. The highest BCUT2D eigenvalue weighted by atomic mass is 35.5. The molecule has 0 spiro atoms. The Labute approximate surface area is 113 Å². The number of anilines is 1. The molecule has 6 heteroatoms. The van der Waals surface area contributed by atoms with E-state index >= 15 is 0 Å². The highest BCUT2D eigenvalue weighted by molar-refractivity contribution is 6.33. The van der Waals surface area contributed by atoms with E-state index in [0.717, 1.165) is 6.07 Å². The number of pyridine rings is 1. The molecular weight excluding hydrogens is 278 g/mol. The lowest BCUT2D eigenvalue weighted by atomic mass is 10.2. The summed E-state index contributed by atoms with van der Waals surface area (Å²) in [6.45, 7) is 0. The van der Waals surface area contributed by atoms with Crippen LogP contribution >= 0.6 is 23.2 Å². The van der Waals surface area contributed by atoms with Crippen molar-refractivity contribution in [1.82, 2.24) is 4.98 Å². The molecule has 0 bridgehead atoms. The second-order valence-corrected chi connectivity index (χ2v) is 4.25. The van der Waals surface area contributed by atoms with Crippen molar-refractivity contribution >= 4 is 34.8 Å². The van der Waals surface area contributed by atoms with Gasteiger partial charge in [0.05, 0.1) is 21.9 Å². The Morgan fingerprint density at radius 2 is 2.00 bits per heavy atom. The number of hydrogen-bond donors (Lipinski definition) is 1. The molecule has 1 aromatic heterocycles. The van der Waals surface area contributed by atoms with E-state index in [1.54, 1.807) is 6.07 Å². The minimum atomic E-state index is -0.651. The number of rotatable bonds is 2. The number of carbonyl (C=O) groups is 1. The van der Waals surface area contributed by atoms with Crippen LogP contribution in [0.5, 0.6) is 0 Å². The Hall–Kier alpha value is -1.65. The SMILES string of the molecule is O=C(Nc1cnccc1Cl)c1ccc(Cl)c(F)c1. The molecule has 1 heterocycles. The third-order valence-corrected chi connectivity index (χ3v) is 2.83. The van der Waals surface area contributed by atoms with Gasteiger partial charge in [-0.2, -0.15) is 0 Å². The lowest BCUT2D eigenvalue weighted by molar-refractivity contribution is 0.102. The maximum Gasteiger partial charge on any atom is 0.255 e. The molecule has 1 amide bonds. The zero-order valence-electron chi connectivity index (χ0n) is 8.95. The Bertz CT molecular complexity index is 604. The van der Waals surface area contributed by atoms with Gasteiger partial charge in [-0.3, -0.25) is 9.78 Å². The minimum absolute atomic E-state index is 0.0361. The molecule has 0 aliphatic rings. The first-order valence-corrected chi connectivity index (χ1v) is 5.69. The third kappa shape index (κ3) is 2.78. The van der Waals surface area contributed by atoms with Crippen molar-refractivity contribution < 1.29 is 9.18 Å². The number of nitrogens with zero attached hydrogens (tertiary/aromatic N) is 1. The van der Waals surface area contributed by atoms with E-state index in [9.17, 15) is 9.18 Å². The van der Waals surface area contributed by atoms with E-state index in [2.05, 4.69) is 10.3 Å². The molecule has 0 radical (unpaired) electrons. The number of hydrogen-bond acceptors (Lipinski definition) is 2. The molecular formula is C12H7Cl2FN2O. The second-order valence-electron chi connectivity index (χ2n) is 3.44. The van der Waals surface area contributed by atoms with Crippen LogP contribution in [0.3, 0.4) is 0 Å². The molecule has 0 fully saturated rings. The molecule has 1 aromatic carbocycles. The Kier molecular flexibility index (Phi) is 3.79. The molecule has 0 unspecified atom stereocenters. The largest absolute Gasteiger partial charge is 0.319 e. The molecule has 0 saturated heterocycles.